The molecule has 1 aliphatic rings. The van der Waals surface area contributed by atoms with E-state index in [0.29, 0.717) is 19.4 Å². The molecule has 0 spiro atoms. The van der Waals surface area contributed by atoms with Crippen LogP contribution in [0.15, 0.2) is 72.9 Å². The largest absolute Gasteiger partial charge is 0.466 e. The first-order valence-electron chi connectivity index (χ1n) is 35.7. The third-order valence-electron chi connectivity index (χ3n) is 16.5. The summed E-state index contributed by atoms with van der Waals surface area (Å²) in [5.74, 6) is -0.200. The Balaban J connectivity index is 1.98. The second kappa shape index (κ2) is 62.7. The van der Waals surface area contributed by atoms with Crippen LogP contribution in [0.4, 0.5) is 0 Å². The normalized spacial score (nSPS) is 18.4. The van der Waals surface area contributed by atoms with E-state index in [2.05, 4.69) is 79.9 Å². The Labute approximate surface area is 521 Å². The summed E-state index contributed by atoms with van der Waals surface area (Å²) in [6, 6.07) is -0.835. The molecule has 1 heterocycles. The van der Waals surface area contributed by atoms with Gasteiger partial charge in [-0.05, 0) is 109 Å². The van der Waals surface area contributed by atoms with E-state index < -0.39 is 49.5 Å². The zero-order valence-electron chi connectivity index (χ0n) is 54.8. The summed E-state index contributed by atoms with van der Waals surface area (Å²) < 4.78 is 16.7. The van der Waals surface area contributed by atoms with Crippen molar-refractivity contribution in [1.82, 2.24) is 5.32 Å². The first-order valence-corrected chi connectivity index (χ1v) is 35.7. The molecule has 7 atom stereocenters. The van der Waals surface area contributed by atoms with Crippen LogP contribution >= 0.6 is 0 Å². The van der Waals surface area contributed by atoms with Crippen molar-refractivity contribution in [3.63, 3.8) is 0 Å². The van der Waals surface area contributed by atoms with Gasteiger partial charge in [0.05, 0.1) is 32.0 Å². The van der Waals surface area contributed by atoms with Gasteiger partial charge < -0.3 is 45.1 Å². The number of allylic oxidation sites excluding steroid dienone is 11. The van der Waals surface area contributed by atoms with E-state index >= 15 is 0 Å². The molecule has 7 unspecified atom stereocenters. The average molecular weight is 1200 g/mol. The van der Waals surface area contributed by atoms with Gasteiger partial charge in [0.25, 0.3) is 0 Å². The van der Waals surface area contributed by atoms with Gasteiger partial charge in [0.15, 0.2) is 6.29 Å². The number of rotatable bonds is 62. The highest BCUT2D eigenvalue weighted by molar-refractivity contribution is 5.76. The number of carbonyl (C=O) groups is 2. The predicted molar refractivity (Wildman–Crippen MR) is 356 cm³/mol. The minimum absolute atomic E-state index is 0.00508. The zero-order chi connectivity index (χ0) is 61.6. The summed E-state index contributed by atoms with van der Waals surface area (Å²) in [6.45, 7) is 4.27. The number of hydrogen-bond donors (Lipinski definition) is 6. The van der Waals surface area contributed by atoms with Crippen molar-refractivity contribution in [2.75, 3.05) is 19.8 Å². The summed E-state index contributed by atoms with van der Waals surface area (Å²) >= 11 is 0. The highest BCUT2D eigenvalue weighted by Crippen LogP contribution is 2.23. The molecular formula is C74H133NO10. The van der Waals surface area contributed by atoms with E-state index in [1.54, 1.807) is 6.08 Å². The topological polar surface area (TPSA) is 175 Å². The van der Waals surface area contributed by atoms with Crippen molar-refractivity contribution < 1.29 is 49.3 Å². The van der Waals surface area contributed by atoms with E-state index in [1.165, 1.54) is 218 Å². The number of aliphatic hydroxyl groups is 5. The lowest BCUT2D eigenvalue weighted by molar-refractivity contribution is -0.302. The molecule has 0 aromatic carbocycles. The molecule has 494 valence electrons. The molecule has 11 nitrogen and oxygen atoms in total. The number of hydrogen-bond acceptors (Lipinski definition) is 10. The summed E-state index contributed by atoms with van der Waals surface area (Å²) in [7, 11) is 0. The lowest BCUT2D eigenvalue weighted by atomic mass is 9.99. The Morgan fingerprint density at radius 3 is 1.27 bits per heavy atom. The highest BCUT2D eigenvalue weighted by Gasteiger charge is 2.44. The van der Waals surface area contributed by atoms with Crippen LogP contribution in [0, 0.1) is 0 Å². The first kappa shape index (κ1) is 80.1. The molecule has 1 rings (SSSR count). The number of unbranched alkanes of at least 4 members (excludes halogenated alkanes) is 38. The molecule has 0 aromatic rings. The van der Waals surface area contributed by atoms with Gasteiger partial charge in [-0.2, -0.15) is 0 Å². The Hall–Kier alpha value is -2.90. The van der Waals surface area contributed by atoms with Crippen LogP contribution in [-0.2, 0) is 23.8 Å². The number of esters is 1. The maximum absolute atomic E-state index is 13.1. The molecule has 1 saturated heterocycles. The molecule has 0 saturated carbocycles. The first-order chi connectivity index (χ1) is 41.7. The van der Waals surface area contributed by atoms with Crippen LogP contribution in [-0.4, -0.2) is 100 Å². The Morgan fingerprint density at radius 1 is 0.435 bits per heavy atom. The van der Waals surface area contributed by atoms with Crippen LogP contribution in [0.3, 0.4) is 0 Å². The fraction of sp³-hybridized carbons (Fsp3) is 0.811. The number of nitrogens with one attached hydrogen (secondary N) is 1. The van der Waals surface area contributed by atoms with Crippen LogP contribution in [0.2, 0.25) is 0 Å². The Morgan fingerprint density at radius 2 is 0.812 bits per heavy atom. The SMILES string of the molecule is CCCC/C=C\CCCCCCCC(=O)OCCCCCCCCCCC/C=C\C/C=C\CCCCCCCCCCCCCCCCCCCC(=O)NC(COC1OC(CO)C(O)C(O)C1O)C(O)/C=C/CC/C=C/CC/C=C/CCCCC. The molecular weight excluding hydrogens is 1060 g/mol. The maximum Gasteiger partial charge on any atom is 0.305 e. The molecule has 0 aromatic heterocycles. The van der Waals surface area contributed by atoms with Gasteiger partial charge in [0.2, 0.25) is 5.91 Å². The van der Waals surface area contributed by atoms with E-state index in [1.807, 2.05) is 6.08 Å². The zero-order valence-corrected chi connectivity index (χ0v) is 54.8. The molecule has 0 radical (unpaired) electrons. The van der Waals surface area contributed by atoms with Crippen molar-refractivity contribution in [2.24, 2.45) is 0 Å². The van der Waals surface area contributed by atoms with Crippen molar-refractivity contribution >= 4 is 11.9 Å². The Kier molecular flexibility index (Phi) is 59.1. The van der Waals surface area contributed by atoms with Crippen LogP contribution in [0.5, 0.6) is 0 Å². The van der Waals surface area contributed by atoms with Crippen LogP contribution < -0.4 is 5.32 Å². The minimum atomic E-state index is -1.58. The third-order valence-corrected chi connectivity index (χ3v) is 16.5. The summed E-state index contributed by atoms with van der Waals surface area (Å²) in [5.41, 5.74) is 0. The lowest BCUT2D eigenvalue weighted by Gasteiger charge is -2.40. The summed E-state index contributed by atoms with van der Waals surface area (Å²) in [5, 5.41) is 54.4. The van der Waals surface area contributed by atoms with Crippen LogP contribution in [0.25, 0.3) is 0 Å². The third kappa shape index (κ3) is 51.7. The summed E-state index contributed by atoms with van der Waals surface area (Å²) in [6.07, 6.45) is 74.7. The number of ether oxygens (including phenoxy) is 3. The minimum Gasteiger partial charge on any atom is -0.466 e. The van der Waals surface area contributed by atoms with Gasteiger partial charge in [0, 0.05) is 12.8 Å². The molecule has 11 heteroatoms. The summed E-state index contributed by atoms with van der Waals surface area (Å²) in [4.78, 5) is 25.1. The van der Waals surface area contributed by atoms with Crippen molar-refractivity contribution in [3.8, 4) is 0 Å². The van der Waals surface area contributed by atoms with E-state index in [-0.39, 0.29) is 18.5 Å². The van der Waals surface area contributed by atoms with Crippen molar-refractivity contribution in [1.29, 1.82) is 0 Å². The van der Waals surface area contributed by atoms with Crippen molar-refractivity contribution in [3.05, 3.63) is 72.9 Å². The predicted octanol–water partition coefficient (Wildman–Crippen LogP) is 18.3. The maximum atomic E-state index is 13.1. The molecule has 1 aliphatic heterocycles. The van der Waals surface area contributed by atoms with Gasteiger partial charge in [-0.15, -0.1) is 0 Å². The molecule has 0 aliphatic carbocycles. The van der Waals surface area contributed by atoms with E-state index in [9.17, 15) is 35.1 Å². The van der Waals surface area contributed by atoms with E-state index in [0.717, 1.165) is 77.0 Å². The van der Waals surface area contributed by atoms with Crippen LogP contribution in [0.1, 0.15) is 322 Å². The Bertz CT molecular complexity index is 1640. The molecule has 0 bridgehead atoms. The smallest absolute Gasteiger partial charge is 0.305 e. The second-order valence-corrected chi connectivity index (χ2v) is 24.6. The molecule has 1 fully saturated rings. The molecule has 6 N–H and O–H groups in total. The van der Waals surface area contributed by atoms with Gasteiger partial charge in [-0.1, -0.05) is 273 Å². The fourth-order valence-corrected chi connectivity index (χ4v) is 10.8. The highest BCUT2D eigenvalue weighted by atomic mass is 16.7. The average Bonchev–Trinajstić information content (AvgIpc) is 3.71. The lowest BCUT2D eigenvalue weighted by Crippen LogP contribution is -2.60. The van der Waals surface area contributed by atoms with Gasteiger partial charge in [0.1, 0.15) is 24.4 Å². The number of aliphatic hydroxyl groups excluding tert-OH is 5. The standard InChI is InChI=1S/C74H133NO10/c1-3-5-7-9-11-13-15-37-41-44-48-52-56-60-67(77)66(65-84-74-73(82)72(81)71(80)68(64-76)85-74)75-69(78)61-57-53-49-45-42-38-35-33-31-29-27-25-23-21-19-17-16-18-20-22-24-26-28-30-32-34-36-39-43-47-51-55-59-63-83-70(79)62-58-54-50-46-40-14-12-10-8-6-4-2/h10-13,20,22,26,28,41,44,56,60,66-68,71-74,76-77,80-82H,3-9,14-19,21,23-25,27,29-40,42-43,45-55,57-59,61-65H2,1-2H3,(H,75,78)/b12-10-,13-11+,22-20-,28-26-,44-41+,60-56+. The quantitative estimate of drug-likeness (QED) is 0.0195. The number of amides is 1. The van der Waals surface area contributed by atoms with Crippen molar-refractivity contribution in [2.45, 2.75) is 365 Å². The monoisotopic (exact) mass is 1200 g/mol. The number of carbonyl (C=O) groups excluding carboxylic acids is 2. The van der Waals surface area contributed by atoms with Gasteiger partial charge >= 0.3 is 5.97 Å². The molecule has 1 amide bonds. The van der Waals surface area contributed by atoms with Gasteiger partial charge in [-0.25, -0.2) is 0 Å². The van der Waals surface area contributed by atoms with Gasteiger partial charge in [-0.3, -0.25) is 9.59 Å². The van der Waals surface area contributed by atoms with E-state index in [4.69, 9.17) is 14.2 Å². The second-order valence-electron chi connectivity index (χ2n) is 24.6. The fourth-order valence-electron chi connectivity index (χ4n) is 10.8. The molecule has 85 heavy (non-hydrogen) atoms.